The Morgan fingerprint density at radius 1 is 1.17 bits per heavy atom. The molecule has 3 fully saturated rings. The van der Waals surface area contributed by atoms with E-state index in [9.17, 15) is 9.18 Å². The van der Waals surface area contributed by atoms with E-state index in [1.807, 2.05) is 19.2 Å². The van der Waals surface area contributed by atoms with Crippen LogP contribution < -0.4 is 19.7 Å². The molecular weight excluding hydrogens is 527 g/mol. The molecule has 2 aromatic heterocycles. The quantitative estimate of drug-likeness (QED) is 0.486. The fourth-order valence-corrected chi connectivity index (χ4v) is 6.47. The van der Waals surface area contributed by atoms with Gasteiger partial charge in [0, 0.05) is 62.0 Å². The third-order valence-electron chi connectivity index (χ3n) is 8.59. The van der Waals surface area contributed by atoms with Gasteiger partial charge >= 0.3 is 0 Å². The van der Waals surface area contributed by atoms with E-state index in [1.165, 1.54) is 30.1 Å². The SMILES string of the molecule is CC1COCCN1C(=O)c1cc(F)ccc1Oc1cncnc1N1CC2(CC(Oc3ccnc4c3CNCC4)C2)C1. The van der Waals surface area contributed by atoms with Crippen LogP contribution in [0.15, 0.2) is 43.0 Å². The molecule has 1 aliphatic carbocycles. The van der Waals surface area contributed by atoms with Crippen molar-refractivity contribution in [1.29, 1.82) is 0 Å². The number of fused-ring (bicyclic) bond motifs is 1. The molecule has 7 rings (SSSR count). The average molecular weight is 561 g/mol. The van der Waals surface area contributed by atoms with Gasteiger partial charge in [0.1, 0.15) is 29.7 Å². The predicted molar refractivity (Wildman–Crippen MR) is 148 cm³/mol. The van der Waals surface area contributed by atoms with Gasteiger partial charge < -0.3 is 29.3 Å². The Kier molecular flexibility index (Phi) is 6.70. The largest absolute Gasteiger partial charge is 0.490 e. The van der Waals surface area contributed by atoms with E-state index in [0.717, 1.165) is 56.9 Å². The smallest absolute Gasteiger partial charge is 0.258 e. The summed E-state index contributed by atoms with van der Waals surface area (Å²) in [6.07, 6.45) is 7.99. The summed E-state index contributed by atoms with van der Waals surface area (Å²) in [4.78, 5) is 30.4. The number of hydrogen-bond acceptors (Lipinski definition) is 9. The van der Waals surface area contributed by atoms with Crippen molar-refractivity contribution >= 4 is 11.7 Å². The number of carbonyl (C=O) groups excluding carboxylic acids is 1. The Bertz CT molecular complexity index is 1460. The zero-order valence-corrected chi connectivity index (χ0v) is 23.0. The lowest BCUT2D eigenvalue weighted by Gasteiger charge is -2.59. The highest BCUT2D eigenvalue weighted by atomic mass is 19.1. The molecule has 1 N–H and O–H groups in total. The van der Waals surface area contributed by atoms with Crippen LogP contribution in [0.3, 0.4) is 0 Å². The summed E-state index contributed by atoms with van der Waals surface area (Å²) in [6, 6.07) is 5.87. The molecule has 11 heteroatoms. The highest BCUT2D eigenvalue weighted by Gasteiger charge is 2.54. The lowest BCUT2D eigenvalue weighted by molar-refractivity contribution is -0.0349. The molecule has 1 atom stereocenters. The number of benzene rings is 1. The van der Waals surface area contributed by atoms with Gasteiger partial charge in [0.2, 0.25) is 0 Å². The second kappa shape index (κ2) is 10.5. The van der Waals surface area contributed by atoms with Crippen molar-refractivity contribution in [3.63, 3.8) is 0 Å². The number of aromatic nitrogens is 3. The van der Waals surface area contributed by atoms with Gasteiger partial charge in [-0.2, -0.15) is 0 Å². The minimum Gasteiger partial charge on any atom is -0.490 e. The summed E-state index contributed by atoms with van der Waals surface area (Å²) < 4.78 is 32.4. The van der Waals surface area contributed by atoms with Crippen molar-refractivity contribution in [2.24, 2.45) is 5.41 Å². The number of pyridine rings is 1. The van der Waals surface area contributed by atoms with Crippen LogP contribution in [0.2, 0.25) is 0 Å². The van der Waals surface area contributed by atoms with Crippen LogP contribution in [0.1, 0.15) is 41.4 Å². The molecular formula is C30H33FN6O4. The fourth-order valence-electron chi connectivity index (χ4n) is 6.47. The third-order valence-corrected chi connectivity index (χ3v) is 8.59. The van der Waals surface area contributed by atoms with Gasteiger partial charge in [-0.1, -0.05) is 0 Å². The van der Waals surface area contributed by atoms with Crippen molar-refractivity contribution in [2.75, 3.05) is 44.3 Å². The van der Waals surface area contributed by atoms with Crippen LogP contribution in [0.4, 0.5) is 10.2 Å². The second-order valence-electron chi connectivity index (χ2n) is 11.5. The van der Waals surface area contributed by atoms with Gasteiger partial charge in [-0.3, -0.25) is 9.78 Å². The first-order valence-corrected chi connectivity index (χ1v) is 14.2. The van der Waals surface area contributed by atoms with Gasteiger partial charge in [0.25, 0.3) is 5.91 Å². The molecule has 5 heterocycles. The van der Waals surface area contributed by atoms with Crippen molar-refractivity contribution in [2.45, 2.75) is 44.9 Å². The Balaban J connectivity index is 1.02. The molecule has 10 nitrogen and oxygen atoms in total. The molecule has 2 saturated heterocycles. The average Bonchev–Trinajstić information content (AvgIpc) is 2.95. The third kappa shape index (κ3) is 4.97. The van der Waals surface area contributed by atoms with Crippen LogP contribution in [-0.4, -0.2) is 77.3 Å². The number of amides is 1. The number of morpholine rings is 1. The van der Waals surface area contributed by atoms with E-state index in [4.69, 9.17) is 14.2 Å². The number of nitrogens with zero attached hydrogens (tertiary/aromatic N) is 5. The van der Waals surface area contributed by atoms with Gasteiger partial charge in [0.05, 0.1) is 31.0 Å². The van der Waals surface area contributed by atoms with Crippen LogP contribution in [-0.2, 0) is 17.7 Å². The van der Waals surface area contributed by atoms with Crippen molar-refractivity contribution < 1.29 is 23.4 Å². The van der Waals surface area contributed by atoms with Gasteiger partial charge in [-0.25, -0.2) is 14.4 Å². The molecule has 0 bridgehead atoms. The minimum atomic E-state index is -0.499. The van der Waals surface area contributed by atoms with Gasteiger partial charge in [-0.05, 0) is 44.0 Å². The normalized spacial score (nSPS) is 21.6. The number of carbonyl (C=O) groups is 1. The highest BCUT2D eigenvalue weighted by Crippen LogP contribution is 2.52. The standard InChI is InChI=1S/C30H33FN6O4/c1-19-15-39-9-8-37(19)29(38)22-10-20(31)2-3-25(22)41-27-14-33-18-35-28(27)36-16-30(17-36)11-21(12-30)40-26-5-7-34-24-4-6-32-13-23(24)26/h2-3,5,7,10,14,18-19,21,32H,4,6,8-9,11-13,15-17H2,1H3. The Labute approximate surface area is 237 Å². The number of rotatable bonds is 6. The molecule has 4 aliphatic rings. The van der Waals surface area contributed by atoms with Crippen molar-refractivity contribution in [3.05, 3.63) is 65.6 Å². The maximum absolute atomic E-state index is 14.3. The maximum Gasteiger partial charge on any atom is 0.258 e. The molecule has 3 aromatic rings. The summed E-state index contributed by atoms with van der Waals surface area (Å²) in [5, 5.41) is 3.41. The molecule has 1 saturated carbocycles. The molecule has 41 heavy (non-hydrogen) atoms. The van der Waals surface area contributed by atoms with Crippen LogP contribution in [0, 0.1) is 11.2 Å². The summed E-state index contributed by atoms with van der Waals surface area (Å²) in [5.74, 6) is 1.52. The maximum atomic E-state index is 14.3. The molecule has 214 valence electrons. The Morgan fingerprint density at radius 2 is 2.05 bits per heavy atom. The minimum absolute atomic E-state index is 0.115. The first-order chi connectivity index (χ1) is 20.0. The Morgan fingerprint density at radius 3 is 2.90 bits per heavy atom. The number of hydrogen-bond donors (Lipinski definition) is 1. The zero-order valence-electron chi connectivity index (χ0n) is 23.0. The molecule has 1 unspecified atom stereocenters. The number of nitrogens with one attached hydrogen (secondary N) is 1. The molecule has 1 spiro atoms. The van der Waals surface area contributed by atoms with Crippen LogP contribution in [0.25, 0.3) is 0 Å². The lowest BCUT2D eigenvalue weighted by atomic mass is 9.61. The van der Waals surface area contributed by atoms with Crippen LogP contribution >= 0.6 is 0 Å². The number of ether oxygens (including phenoxy) is 3. The first-order valence-electron chi connectivity index (χ1n) is 14.2. The topological polar surface area (TPSA) is 102 Å². The number of halogens is 1. The van der Waals surface area contributed by atoms with Gasteiger partial charge in [0.15, 0.2) is 11.6 Å². The van der Waals surface area contributed by atoms with E-state index in [1.54, 1.807) is 11.1 Å². The highest BCUT2D eigenvalue weighted by molar-refractivity contribution is 5.97. The van der Waals surface area contributed by atoms with E-state index in [-0.39, 0.29) is 34.8 Å². The molecule has 1 aromatic carbocycles. The van der Waals surface area contributed by atoms with E-state index >= 15 is 0 Å². The second-order valence-corrected chi connectivity index (χ2v) is 11.5. The lowest BCUT2D eigenvalue weighted by Crippen LogP contribution is -2.65. The van der Waals surface area contributed by atoms with Crippen molar-refractivity contribution in [1.82, 2.24) is 25.2 Å². The summed E-state index contributed by atoms with van der Waals surface area (Å²) in [6.45, 7) is 6.66. The first kappa shape index (κ1) is 26.1. The Hall–Kier alpha value is -3.83. The number of anilines is 1. The summed E-state index contributed by atoms with van der Waals surface area (Å²) in [5.41, 5.74) is 2.66. The fraction of sp³-hybridized carbons (Fsp3) is 0.467. The van der Waals surface area contributed by atoms with Crippen LogP contribution in [0.5, 0.6) is 17.2 Å². The molecule has 3 aliphatic heterocycles. The summed E-state index contributed by atoms with van der Waals surface area (Å²) in [7, 11) is 0. The van der Waals surface area contributed by atoms with E-state index in [2.05, 4.69) is 25.2 Å². The monoisotopic (exact) mass is 560 g/mol. The van der Waals surface area contributed by atoms with Gasteiger partial charge in [-0.15, -0.1) is 0 Å². The van der Waals surface area contributed by atoms with Crippen molar-refractivity contribution in [3.8, 4) is 17.2 Å². The predicted octanol–water partition coefficient (Wildman–Crippen LogP) is 3.36. The molecule has 0 radical (unpaired) electrons. The van der Waals surface area contributed by atoms with E-state index in [0.29, 0.717) is 31.3 Å². The summed E-state index contributed by atoms with van der Waals surface area (Å²) >= 11 is 0. The molecule has 1 amide bonds. The zero-order chi connectivity index (χ0) is 28.0. The van der Waals surface area contributed by atoms with E-state index < -0.39 is 5.82 Å².